The van der Waals surface area contributed by atoms with Gasteiger partial charge in [-0.3, -0.25) is 14.4 Å². The van der Waals surface area contributed by atoms with Crippen molar-refractivity contribution in [2.24, 2.45) is 0 Å². The Morgan fingerprint density at radius 1 is 1.13 bits per heavy atom. The molecular formula is C23H27FN4O3. The topological polar surface area (TPSA) is 63.7 Å². The van der Waals surface area contributed by atoms with Crippen molar-refractivity contribution in [3.05, 3.63) is 71.2 Å². The maximum atomic E-state index is 13.0. The minimum absolute atomic E-state index is 0.109. The smallest absolute Gasteiger partial charge is 0.289 e. The molecule has 164 valence electrons. The van der Waals surface area contributed by atoms with E-state index in [1.54, 1.807) is 24.3 Å². The zero-order valence-electron chi connectivity index (χ0n) is 17.9. The van der Waals surface area contributed by atoms with Crippen molar-refractivity contribution in [1.29, 1.82) is 0 Å². The van der Waals surface area contributed by atoms with Gasteiger partial charge in [0.05, 0.1) is 5.69 Å². The molecule has 4 rings (SSSR count). The van der Waals surface area contributed by atoms with Gasteiger partial charge in [-0.25, -0.2) is 4.39 Å². The number of hydrogen-bond donors (Lipinski definition) is 0. The third kappa shape index (κ3) is 5.14. The zero-order valence-corrected chi connectivity index (χ0v) is 17.9. The van der Waals surface area contributed by atoms with Gasteiger partial charge in [0.15, 0.2) is 5.76 Å². The first-order chi connectivity index (χ1) is 15.0. The number of ether oxygens (including phenoxy) is 1. The normalized spacial score (nSPS) is 14.7. The highest BCUT2D eigenvalue weighted by Gasteiger charge is 2.25. The monoisotopic (exact) mass is 426 g/mol. The maximum absolute atomic E-state index is 13.0. The molecule has 0 unspecified atom stereocenters. The fraction of sp³-hybridized carbons (Fsp3) is 0.391. The first-order valence-corrected chi connectivity index (χ1v) is 10.5. The van der Waals surface area contributed by atoms with Crippen LogP contribution in [0.3, 0.4) is 0 Å². The molecule has 0 atom stereocenters. The average molecular weight is 426 g/mol. The lowest BCUT2D eigenvalue weighted by Gasteiger charge is -2.34. The fourth-order valence-electron chi connectivity index (χ4n) is 3.64. The summed E-state index contributed by atoms with van der Waals surface area (Å²) in [5, 5.41) is 4.50. The molecule has 1 amide bonds. The first kappa shape index (κ1) is 21.1. The van der Waals surface area contributed by atoms with Gasteiger partial charge in [-0.2, -0.15) is 5.10 Å². The molecule has 8 heteroatoms. The number of aryl methyl sites for hydroxylation is 2. The Morgan fingerprint density at radius 3 is 2.55 bits per heavy atom. The van der Waals surface area contributed by atoms with E-state index in [0.29, 0.717) is 30.4 Å². The Kier molecular flexibility index (Phi) is 6.36. The number of piperazine rings is 1. The van der Waals surface area contributed by atoms with Crippen molar-refractivity contribution < 1.29 is 18.3 Å². The van der Waals surface area contributed by atoms with Gasteiger partial charge in [0.2, 0.25) is 0 Å². The highest BCUT2D eigenvalue weighted by Crippen LogP contribution is 2.18. The van der Waals surface area contributed by atoms with Crippen LogP contribution in [-0.2, 0) is 19.7 Å². The third-order valence-corrected chi connectivity index (χ3v) is 5.49. The number of halogens is 1. The largest absolute Gasteiger partial charge is 0.486 e. The summed E-state index contributed by atoms with van der Waals surface area (Å²) in [5.74, 6) is 0.981. The summed E-state index contributed by atoms with van der Waals surface area (Å²) in [5.41, 5.74) is 2.30. The predicted molar refractivity (Wildman–Crippen MR) is 113 cm³/mol. The summed E-state index contributed by atoms with van der Waals surface area (Å²) in [7, 11) is 0. The van der Waals surface area contributed by atoms with E-state index in [-0.39, 0.29) is 18.3 Å². The van der Waals surface area contributed by atoms with E-state index < -0.39 is 0 Å². The minimum Gasteiger partial charge on any atom is -0.486 e. The number of aromatic nitrogens is 2. The molecule has 0 saturated carbocycles. The molecule has 1 aliphatic rings. The lowest BCUT2D eigenvalue weighted by molar-refractivity contribution is 0.0594. The molecule has 1 aromatic carbocycles. The maximum Gasteiger partial charge on any atom is 0.289 e. The van der Waals surface area contributed by atoms with Crippen LogP contribution in [0.15, 0.2) is 47.0 Å². The van der Waals surface area contributed by atoms with Gasteiger partial charge < -0.3 is 14.1 Å². The number of benzene rings is 1. The minimum atomic E-state index is -0.315. The van der Waals surface area contributed by atoms with E-state index in [4.69, 9.17) is 9.15 Å². The third-order valence-electron chi connectivity index (χ3n) is 5.49. The first-order valence-electron chi connectivity index (χ1n) is 10.5. The molecule has 7 nitrogen and oxygen atoms in total. The quantitative estimate of drug-likeness (QED) is 0.579. The second-order valence-electron chi connectivity index (χ2n) is 7.67. The second-order valence-corrected chi connectivity index (χ2v) is 7.67. The standard InChI is InChI=1S/C23H27FN4O3/c1-3-28-15-18(17(2)25-28)14-26-10-12-27(13-11-26)23(29)22-9-8-21(31-22)16-30-20-6-4-19(24)5-7-20/h4-9,15H,3,10-14,16H2,1-2H3. The molecule has 3 aromatic rings. The summed E-state index contributed by atoms with van der Waals surface area (Å²) in [6.45, 7) is 8.93. The van der Waals surface area contributed by atoms with Crippen LogP contribution in [0.1, 0.15) is 34.5 Å². The Morgan fingerprint density at radius 2 is 1.87 bits per heavy atom. The lowest BCUT2D eigenvalue weighted by Crippen LogP contribution is -2.48. The number of carbonyl (C=O) groups excluding carboxylic acids is 1. The molecule has 1 fully saturated rings. The average Bonchev–Trinajstić information content (AvgIpc) is 3.40. The molecule has 1 aliphatic heterocycles. The molecule has 0 spiro atoms. The summed E-state index contributed by atoms with van der Waals surface area (Å²) >= 11 is 0. The molecule has 0 radical (unpaired) electrons. The van der Waals surface area contributed by atoms with Gasteiger partial charge in [0.1, 0.15) is 23.9 Å². The van der Waals surface area contributed by atoms with Crippen molar-refractivity contribution >= 4 is 5.91 Å². The molecule has 2 aromatic heterocycles. The Balaban J connectivity index is 1.27. The number of carbonyl (C=O) groups is 1. The van der Waals surface area contributed by atoms with Crippen molar-refractivity contribution in [3.63, 3.8) is 0 Å². The van der Waals surface area contributed by atoms with Crippen molar-refractivity contribution in [1.82, 2.24) is 19.6 Å². The number of amides is 1. The van der Waals surface area contributed by atoms with E-state index in [0.717, 1.165) is 31.9 Å². The Hall–Kier alpha value is -3.13. The predicted octanol–water partition coefficient (Wildman–Crippen LogP) is 3.48. The van der Waals surface area contributed by atoms with Crippen molar-refractivity contribution in [2.45, 2.75) is 33.5 Å². The van der Waals surface area contributed by atoms with E-state index in [1.165, 1.54) is 17.7 Å². The van der Waals surface area contributed by atoms with Crippen LogP contribution in [0.5, 0.6) is 5.75 Å². The van der Waals surface area contributed by atoms with E-state index >= 15 is 0 Å². The van der Waals surface area contributed by atoms with E-state index in [9.17, 15) is 9.18 Å². The second kappa shape index (κ2) is 9.34. The molecular weight excluding hydrogens is 399 g/mol. The summed E-state index contributed by atoms with van der Waals surface area (Å²) in [4.78, 5) is 17.0. The molecule has 0 aliphatic carbocycles. The van der Waals surface area contributed by atoms with Gasteiger partial charge in [0, 0.05) is 51.0 Å². The van der Waals surface area contributed by atoms with Crippen LogP contribution in [0.4, 0.5) is 4.39 Å². The lowest BCUT2D eigenvalue weighted by atomic mass is 10.2. The van der Waals surface area contributed by atoms with Crippen LogP contribution in [0.25, 0.3) is 0 Å². The number of hydrogen-bond acceptors (Lipinski definition) is 5. The van der Waals surface area contributed by atoms with Gasteiger partial charge in [-0.05, 0) is 50.2 Å². The van der Waals surface area contributed by atoms with Gasteiger partial charge in [0.25, 0.3) is 5.91 Å². The fourth-order valence-corrected chi connectivity index (χ4v) is 3.64. The zero-order chi connectivity index (χ0) is 21.8. The van der Waals surface area contributed by atoms with Crippen molar-refractivity contribution in [2.75, 3.05) is 26.2 Å². The SMILES string of the molecule is CCn1cc(CN2CCN(C(=O)c3ccc(COc4ccc(F)cc4)o3)CC2)c(C)n1. The Bertz CT molecular complexity index is 1020. The van der Waals surface area contributed by atoms with Crippen LogP contribution in [0.2, 0.25) is 0 Å². The van der Waals surface area contributed by atoms with Crippen LogP contribution in [0, 0.1) is 12.7 Å². The molecule has 0 N–H and O–H groups in total. The van der Waals surface area contributed by atoms with Gasteiger partial charge >= 0.3 is 0 Å². The summed E-state index contributed by atoms with van der Waals surface area (Å²) in [6.07, 6.45) is 2.10. The molecule has 0 bridgehead atoms. The number of rotatable bonds is 7. The van der Waals surface area contributed by atoms with Gasteiger partial charge in [-0.1, -0.05) is 0 Å². The van der Waals surface area contributed by atoms with E-state index in [1.807, 2.05) is 16.5 Å². The van der Waals surface area contributed by atoms with Crippen LogP contribution >= 0.6 is 0 Å². The van der Waals surface area contributed by atoms with Crippen molar-refractivity contribution in [3.8, 4) is 5.75 Å². The van der Waals surface area contributed by atoms with Crippen LogP contribution in [-0.4, -0.2) is 51.7 Å². The molecule has 1 saturated heterocycles. The van der Waals surface area contributed by atoms with Gasteiger partial charge in [-0.15, -0.1) is 0 Å². The number of furan rings is 1. The van der Waals surface area contributed by atoms with E-state index in [2.05, 4.69) is 23.1 Å². The molecule has 31 heavy (non-hydrogen) atoms. The summed E-state index contributed by atoms with van der Waals surface area (Å²) in [6, 6.07) is 9.20. The number of nitrogens with zero attached hydrogens (tertiary/aromatic N) is 4. The summed E-state index contributed by atoms with van der Waals surface area (Å²) < 4.78 is 26.2. The highest BCUT2D eigenvalue weighted by molar-refractivity contribution is 5.91. The molecule has 3 heterocycles. The highest BCUT2D eigenvalue weighted by atomic mass is 19.1. The van der Waals surface area contributed by atoms with Crippen LogP contribution < -0.4 is 4.74 Å². The Labute approximate surface area is 181 Å².